The Morgan fingerprint density at radius 3 is 2.71 bits per heavy atom. The molecule has 0 unspecified atom stereocenters. The normalized spacial score (nSPS) is 10.4. The maximum Gasteiger partial charge on any atom is 0.0727 e. The predicted molar refractivity (Wildman–Crippen MR) is 63.8 cm³/mol. The summed E-state index contributed by atoms with van der Waals surface area (Å²) in [6.07, 6.45) is 2.06. The highest BCUT2D eigenvalue weighted by atomic mass is 79.9. The van der Waals surface area contributed by atoms with Crippen LogP contribution in [0.25, 0.3) is 0 Å². The molecule has 0 saturated carbocycles. The zero-order chi connectivity index (χ0) is 10.2. The molecule has 0 aliphatic carbocycles. The summed E-state index contributed by atoms with van der Waals surface area (Å²) in [6.45, 7) is 1.46. The van der Waals surface area contributed by atoms with E-state index in [2.05, 4.69) is 22.0 Å². The van der Waals surface area contributed by atoms with Crippen molar-refractivity contribution in [1.82, 2.24) is 0 Å². The van der Waals surface area contributed by atoms with Crippen molar-refractivity contribution in [1.29, 1.82) is 0 Å². The number of hydrogen-bond acceptors (Lipinski definition) is 1. The summed E-state index contributed by atoms with van der Waals surface area (Å²) in [5.74, 6) is 0.721. The molecule has 0 amide bonds. The number of alkyl halides is 1. The van der Waals surface area contributed by atoms with E-state index in [-0.39, 0.29) is 0 Å². The van der Waals surface area contributed by atoms with E-state index in [9.17, 15) is 0 Å². The molecule has 0 N–H and O–H groups in total. The lowest BCUT2D eigenvalue weighted by atomic mass is 10.2. The molecule has 0 spiro atoms. The number of hydrogen-bond donors (Lipinski definition) is 0. The van der Waals surface area contributed by atoms with Gasteiger partial charge in [-0.25, -0.2) is 0 Å². The molecule has 1 aromatic carbocycles. The molecule has 0 aromatic heterocycles. The Hall–Kier alpha value is -0.0500. The van der Waals surface area contributed by atoms with Gasteiger partial charge in [-0.2, -0.15) is 0 Å². The van der Waals surface area contributed by atoms with Crippen molar-refractivity contribution in [2.75, 3.05) is 12.5 Å². The van der Waals surface area contributed by atoms with Crippen LogP contribution in [0.15, 0.2) is 28.7 Å². The van der Waals surface area contributed by atoms with Crippen LogP contribution in [0.5, 0.6) is 0 Å². The van der Waals surface area contributed by atoms with Crippen LogP contribution in [-0.2, 0) is 11.3 Å². The Kier molecular flexibility index (Phi) is 6.24. The van der Waals surface area contributed by atoms with E-state index in [0.717, 1.165) is 29.8 Å². The number of rotatable bonds is 6. The van der Waals surface area contributed by atoms with Gasteiger partial charge in [0.25, 0.3) is 0 Å². The second kappa shape index (κ2) is 7.27. The van der Waals surface area contributed by atoms with E-state index in [0.29, 0.717) is 6.61 Å². The van der Waals surface area contributed by atoms with Crippen LogP contribution in [-0.4, -0.2) is 12.5 Å². The monoisotopic (exact) mass is 276 g/mol. The van der Waals surface area contributed by atoms with Gasteiger partial charge >= 0.3 is 0 Å². The molecule has 0 atom stereocenters. The van der Waals surface area contributed by atoms with Gasteiger partial charge in [-0.15, -0.1) is 11.6 Å². The summed E-state index contributed by atoms with van der Waals surface area (Å²) in [7, 11) is 0. The molecule has 0 aliphatic heterocycles. The van der Waals surface area contributed by atoms with Crippen LogP contribution < -0.4 is 0 Å². The maximum atomic E-state index is 5.56. The first-order valence-electron chi connectivity index (χ1n) is 4.71. The molecule has 0 heterocycles. The van der Waals surface area contributed by atoms with Gasteiger partial charge in [0.15, 0.2) is 0 Å². The van der Waals surface area contributed by atoms with Crippen molar-refractivity contribution >= 4 is 27.5 Å². The zero-order valence-corrected chi connectivity index (χ0v) is 10.4. The van der Waals surface area contributed by atoms with Crippen molar-refractivity contribution in [2.24, 2.45) is 0 Å². The standard InChI is InChI=1S/C11H14BrClO/c12-11-6-2-1-5-10(11)9-14-8-4-3-7-13/h1-2,5-6H,3-4,7-9H2. The van der Waals surface area contributed by atoms with Crippen molar-refractivity contribution in [2.45, 2.75) is 19.4 Å². The third-order valence-electron chi connectivity index (χ3n) is 1.89. The smallest absolute Gasteiger partial charge is 0.0727 e. The molecule has 0 saturated heterocycles. The number of halogens is 2. The molecule has 0 radical (unpaired) electrons. The van der Waals surface area contributed by atoms with Gasteiger partial charge < -0.3 is 4.74 Å². The topological polar surface area (TPSA) is 9.23 Å². The predicted octanol–water partition coefficient (Wildman–Crippen LogP) is 3.98. The molecule has 0 aliphatic rings. The lowest BCUT2D eigenvalue weighted by molar-refractivity contribution is 0.118. The van der Waals surface area contributed by atoms with Crippen molar-refractivity contribution in [3.8, 4) is 0 Å². The summed E-state index contributed by atoms with van der Waals surface area (Å²) in [5, 5.41) is 0. The minimum atomic E-state index is 0.670. The minimum Gasteiger partial charge on any atom is -0.377 e. The quantitative estimate of drug-likeness (QED) is 0.564. The Balaban J connectivity index is 2.21. The van der Waals surface area contributed by atoms with Crippen molar-refractivity contribution in [3.05, 3.63) is 34.3 Å². The summed E-state index contributed by atoms with van der Waals surface area (Å²) in [6, 6.07) is 8.10. The summed E-state index contributed by atoms with van der Waals surface area (Å²) < 4.78 is 6.62. The first kappa shape index (κ1) is 12.0. The van der Waals surface area contributed by atoms with Gasteiger partial charge in [0.2, 0.25) is 0 Å². The third-order valence-corrected chi connectivity index (χ3v) is 2.93. The first-order valence-corrected chi connectivity index (χ1v) is 6.04. The molecule has 1 aromatic rings. The van der Waals surface area contributed by atoms with Crippen LogP contribution in [0.1, 0.15) is 18.4 Å². The van der Waals surface area contributed by atoms with Crippen LogP contribution >= 0.6 is 27.5 Å². The van der Waals surface area contributed by atoms with E-state index in [1.807, 2.05) is 18.2 Å². The highest BCUT2D eigenvalue weighted by Crippen LogP contribution is 2.16. The van der Waals surface area contributed by atoms with Gasteiger partial charge in [0.05, 0.1) is 6.61 Å². The Morgan fingerprint density at radius 1 is 1.21 bits per heavy atom. The molecule has 14 heavy (non-hydrogen) atoms. The van der Waals surface area contributed by atoms with Crippen molar-refractivity contribution < 1.29 is 4.74 Å². The largest absolute Gasteiger partial charge is 0.377 e. The molecule has 1 rings (SSSR count). The van der Waals surface area contributed by atoms with Gasteiger partial charge in [0, 0.05) is 17.0 Å². The molecular weight excluding hydrogens is 263 g/mol. The number of unbranched alkanes of at least 4 members (excludes halogenated alkanes) is 1. The lowest BCUT2D eigenvalue weighted by Gasteiger charge is -2.05. The highest BCUT2D eigenvalue weighted by Gasteiger charge is 1.97. The van der Waals surface area contributed by atoms with Gasteiger partial charge in [-0.3, -0.25) is 0 Å². The Bertz CT molecular complexity index is 265. The maximum absolute atomic E-state index is 5.56. The van der Waals surface area contributed by atoms with Crippen LogP contribution in [0.4, 0.5) is 0 Å². The fourth-order valence-corrected chi connectivity index (χ4v) is 1.68. The van der Waals surface area contributed by atoms with Gasteiger partial charge in [0.1, 0.15) is 0 Å². The molecule has 0 bridgehead atoms. The second-order valence-corrected chi connectivity index (χ2v) is 4.27. The van der Waals surface area contributed by atoms with Crippen LogP contribution in [0.2, 0.25) is 0 Å². The average molecular weight is 278 g/mol. The van der Waals surface area contributed by atoms with Crippen molar-refractivity contribution in [3.63, 3.8) is 0 Å². The Morgan fingerprint density at radius 2 is 2.00 bits per heavy atom. The number of benzene rings is 1. The van der Waals surface area contributed by atoms with E-state index < -0.39 is 0 Å². The highest BCUT2D eigenvalue weighted by molar-refractivity contribution is 9.10. The fourth-order valence-electron chi connectivity index (χ4n) is 1.10. The Labute approximate surface area is 98.5 Å². The summed E-state index contributed by atoms with van der Waals surface area (Å²) in [4.78, 5) is 0. The lowest BCUT2D eigenvalue weighted by Crippen LogP contribution is -1.96. The van der Waals surface area contributed by atoms with Gasteiger partial charge in [-0.1, -0.05) is 34.1 Å². The zero-order valence-electron chi connectivity index (χ0n) is 8.01. The number of ether oxygens (including phenoxy) is 1. The minimum absolute atomic E-state index is 0.670. The van der Waals surface area contributed by atoms with E-state index in [1.165, 1.54) is 5.56 Å². The fraction of sp³-hybridized carbons (Fsp3) is 0.455. The van der Waals surface area contributed by atoms with Gasteiger partial charge in [-0.05, 0) is 24.5 Å². The second-order valence-electron chi connectivity index (χ2n) is 3.04. The molecule has 1 nitrogen and oxygen atoms in total. The van der Waals surface area contributed by atoms with Crippen LogP contribution in [0, 0.1) is 0 Å². The van der Waals surface area contributed by atoms with E-state index >= 15 is 0 Å². The molecule has 3 heteroatoms. The van der Waals surface area contributed by atoms with E-state index in [4.69, 9.17) is 16.3 Å². The SMILES string of the molecule is ClCCCCOCc1ccccc1Br. The summed E-state index contributed by atoms with van der Waals surface area (Å²) >= 11 is 9.04. The molecule has 78 valence electrons. The van der Waals surface area contributed by atoms with Crippen LogP contribution in [0.3, 0.4) is 0 Å². The average Bonchev–Trinajstić information content (AvgIpc) is 2.20. The first-order chi connectivity index (χ1) is 6.84. The van der Waals surface area contributed by atoms with E-state index in [1.54, 1.807) is 0 Å². The summed E-state index contributed by atoms with van der Waals surface area (Å²) in [5.41, 5.74) is 1.19. The third kappa shape index (κ3) is 4.45. The molecule has 0 fully saturated rings. The molecular formula is C11H14BrClO.